The Kier molecular flexibility index (Phi) is 19.4. The highest BCUT2D eigenvalue weighted by atomic mass is 31.2. The Morgan fingerprint density at radius 3 is 0.744 bits per heavy atom. The molecule has 39 heavy (non-hydrogen) atoms. The Balaban J connectivity index is 2.98. The van der Waals surface area contributed by atoms with Gasteiger partial charge in [0, 0.05) is 58.9 Å². The van der Waals surface area contributed by atoms with Crippen LogP contribution in [0.15, 0.2) is 0 Å². The molecule has 0 saturated carbocycles. The molecular formula is C24H54N3O9P3. The summed E-state index contributed by atoms with van der Waals surface area (Å²) in [6.45, 7) is 19.0. The van der Waals surface area contributed by atoms with E-state index >= 15 is 0 Å². The summed E-state index contributed by atoms with van der Waals surface area (Å²) < 4.78 is 72.2. The second kappa shape index (κ2) is 20.3. The van der Waals surface area contributed by atoms with Crippen LogP contribution in [-0.2, 0) is 40.8 Å². The van der Waals surface area contributed by atoms with Gasteiger partial charge in [0.2, 0.25) is 0 Å². The molecule has 0 aliphatic carbocycles. The fraction of sp³-hybridized carbons (Fsp3) is 1.00. The quantitative estimate of drug-likeness (QED) is 0.165. The van der Waals surface area contributed by atoms with Gasteiger partial charge in [-0.1, -0.05) is 0 Å². The van der Waals surface area contributed by atoms with Gasteiger partial charge in [0.25, 0.3) is 0 Å². The van der Waals surface area contributed by atoms with Crippen molar-refractivity contribution in [2.75, 3.05) is 117 Å². The minimum absolute atomic E-state index is 0.308. The van der Waals surface area contributed by atoms with Crippen molar-refractivity contribution in [1.29, 1.82) is 0 Å². The Morgan fingerprint density at radius 1 is 0.410 bits per heavy atom. The summed E-state index contributed by atoms with van der Waals surface area (Å²) in [6.07, 6.45) is 0.924. The largest absolute Gasteiger partial charge is 0.331 e. The molecule has 0 amide bonds. The zero-order chi connectivity index (χ0) is 29.2. The molecule has 1 fully saturated rings. The SMILES string of the molecule is CCOP(=O)(CCN1CCN(CCP(=O)(OCC)OCC)CCN(CCP(=O)(OCC)OCC)CC1)OCC. The lowest BCUT2D eigenvalue weighted by Gasteiger charge is -2.27. The number of hydrogen-bond donors (Lipinski definition) is 0. The predicted octanol–water partition coefficient (Wildman–Crippen LogP) is 4.70. The molecule has 0 atom stereocenters. The fourth-order valence-corrected chi connectivity index (χ4v) is 9.27. The zero-order valence-electron chi connectivity index (χ0n) is 25.1. The molecule has 0 aromatic heterocycles. The maximum absolute atomic E-state index is 13.1. The van der Waals surface area contributed by atoms with Gasteiger partial charge in [-0.15, -0.1) is 0 Å². The van der Waals surface area contributed by atoms with Gasteiger partial charge in [-0.25, -0.2) is 0 Å². The topological polar surface area (TPSA) is 116 Å². The number of nitrogens with zero attached hydrogens (tertiary/aromatic N) is 3. The molecule has 1 aliphatic rings. The molecule has 1 aliphatic heterocycles. The third kappa shape index (κ3) is 15.4. The van der Waals surface area contributed by atoms with Crippen LogP contribution in [0.3, 0.4) is 0 Å². The standard InChI is InChI=1S/C24H54N3O9P3/c1-7-31-37(28,32-8-2)22-19-25-13-15-26(20-23-38(29,33-9-3)34-10-4)17-18-27(16-14-25)21-24-39(30,35-11-5)36-12-6/h7-24H2,1-6H3. The highest BCUT2D eigenvalue weighted by Gasteiger charge is 2.29. The number of rotatable bonds is 21. The van der Waals surface area contributed by atoms with E-state index in [2.05, 4.69) is 14.7 Å². The maximum atomic E-state index is 13.1. The highest BCUT2D eigenvalue weighted by molar-refractivity contribution is 7.54. The molecule has 0 radical (unpaired) electrons. The van der Waals surface area contributed by atoms with Gasteiger partial charge in [0.05, 0.1) is 58.1 Å². The molecule has 0 aromatic rings. The lowest BCUT2D eigenvalue weighted by Crippen LogP contribution is -2.38. The Morgan fingerprint density at radius 2 is 0.590 bits per heavy atom. The van der Waals surface area contributed by atoms with Gasteiger partial charge >= 0.3 is 22.8 Å². The first-order valence-corrected chi connectivity index (χ1v) is 19.6. The maximum Gasteiger partial charge on any atom is 0.331 e. The van der Waals surface area contributed by atoms with E-state index in [1.54, 1.807) is 0 Å². The molecule has 0 bridgehead atoms. The second-order valence-electron chi connectivity index (χ2n) is 9.04. The number of hydrogen-bond acceptors (Lipinski definition) is 12. The van der Waals surface area contributed by atoms with Crippen molar-refractivity contribution in [1.82, 2.24) is 14.7 Å². The molecule has 1 saturated heterocycles. The van der Waals surface area contributed by atoms with Crippen LogP contribution in [0, 0.1) is 0 Å². The van der Waals surface area contributed by atoms with Crippen molar-refractivity contribution in [3.8, 4) is 0 Å². The highest BCUT2D eigenvalue weighted by Crippen LogP contribution is 2.49. The van der Waals surface area contributed by atoms with Crippen molar-refractivity contribution in [2.24, 2.45) is 0 Å². The average Bonchev–Trinajstić information content (AvgIpc) is 2.97. The molecule has 0 N–H and O–H groups in total. The third-order valence-corrected chi connectivity index (χ3v) is 12.4. The second-order valence-corrected chi connectivity index (χ2v) is 15.6. The van der Waals surface area contributed by atoms with E-state index in [1.807, 2.05) is 41.5 Å². The van der Waals surface area contributed by atoms with Gasteiger partial charge in [0.15, 0.2) is 0 Å². The van der Waals surface area contributed by atoms with Crippen molar-refractivity contribution in [2.45, 2.75) is 41.5 Å². The molecule has 234 valence electrons. The molecule has 0 aromatic carbocycles. The first-order valence-electron chi connectivity index (χ1n) is 14.4. The molecule has 15 heteroatoms. The lowest BCUT2D eigenvalue weighted by atomic mass is 10.4. The molecule has 1 rings (SSSR count). The van der Waals surface area contributed by atoms with Gasteiger partial charge in [-0.05, 0) is 41.5 Å². The minimum Gasteiger partial charge on any atom is -0.309 e. The zero-order valence-corrected chi connectivity index (χ0v) is 27.8. The fourth-order valence-electron chi connectivity index (χ4n) is 4.33. The Hall–Kier alpha value is 0.330. The molecule has 0 spiro atoms. The van der Waals surface area contributed by atoms with E-state index < -0.39 is 22.8 Å². The van der Waals surface area contributed by atoms with E-state index in [0.29, 0.717) is 77.8 Å². The molecule has 12 nitrogen and oxygen atoms in total. The summed E-state index contributed by atoms with van der Waals surface area (Å²) in [6, 6.07) is 0. The third-order valence-electron chi connectivity index (χ3n) is 6.22. The van der Waals surface area contributed by atoms with Gasteiger partial charge in [-0.2, -0.15) is 0 Å². The van der Waals surface area contributed by atoms with E-state index in [4.69, 9.17) is 27.1 Å². The summed E-state index contributed by atoms with van der Waals surface area (Å²) in [5, 5.41) is 0. The normalized spacial score (nSPS) is 17.7. The van der Waals surface area contributed by atoms with Gasteiger partial charge < -0.3 is 41.8 Å². The summed E-state index contributed by atoms with van der Waals surface area (Å²) in [5.74, 6) is 0. The molecule has 1 heterocycles. The summed E-state index contributed by atoms with van der Waals surface area (Å²) in [5.41, 5.74) is 0. The van der Waals surface area contributed by atoms with Crippen LogP contribution in [0.1, 0.15) is 41.5 Å². The first-order chi connectivity index (χ1) is 18.6. The van der Waals surface area contributed by atoms with Crippen LogP contribution in [0.4, 0.5) is 0 Å². The molecule has 0 unspecified atom stereocenters. The smallest absolute Gasteiger partial charge is 0.309 e. The van der Waals surface area contributed by atoms with Gasteiger partial charge in [-0.3, -0.25) is 13.7 Å². The average molecular weight is 622 g/mol. The minimum atomic E-state index is -3.16. The van der Waals surface area contributed by atoms with E-state index in [9.17, 15) is 13.7 Å². The van der Waals surface area contributed by atoms with E-state index in [-0.39, 0.29) is 0 Å². The monoisotopic (exact) mass is 621 g/mol. The van der Waals surface area contributed by atoms with Crippen molar-refractivity contribution in [3.05, 3.63) is 0 Å². The van der Waals surface area contributed by atoms with Crippen LogP contribution in [-0.4, -0.2) is 132 Å². The molecular weight excluding hydrogens is 567 g/mol. The Labute approximate surface area is 236 Å². The van der Waals surface area contributed by atoms with Crippen molar-refractivity contribution in [3.63, 3.8) is 0 Å². The van der Waals surface area contributed by atoms with Crippen LogP contribution < -0.4 is 0 Å². The van der Waals surface area contributed by atoms with Crippen LogP contribution in [0.5, 0.6) is 0 Å². The van der Waals surface area contributed by atoms with Crippen LogP contribution in [0.2, 0.25) is 0 Å². The summed E-state index contributed by atoms with van der Waals surface area (Å²) in [7, 11) is -9.49. The summed E-state index contributed by atoms with van der Waals surface area (Å²) in [4.78, 5) is 6.77. The first kappa shape index (κ1) is 37.4. The van der Waals surface area contributed by atoms with Gasteiger partial charge in [0.1, 0.15) is 0 Å². The lowest BCUT2D eigenvalue weighted by molar-refractivity contribution is 0.198. The van der Waals surface area contributed by atoms with E-state index in [1.165, 1.54) is 0 Å². The van der Waals surface area contributed by atoms with Crippen molar-refractivity contribution >= 4 is 22.8 Å². The van der Waals surface area contributed by atoms with Crippen LogP contribution >= 0.6 is 22.8 Å². The van der Waals surface area contributed by atoms with E-state index in [0.717, 1.165) is 39.3 Å². The summed E-state index contributed by atoms with van der Waals surface area (Å²) >= 11 is 0. The van der Waals surface area contributed by atoms with Crippen molar-refractivity contribution < 1.29 is 40.8 Å². The Bertz CT molecular complexity index is 651. The predicted molar refractivity (Wildman–Crippen MR) is 156 cm³/mol. The van der Waals surface area contributed by atoms with Crippen LogP contribution in [0.25, 0.3) is 0 Å².